The van der Waals surface area contributed by atoms with Gasteiger partial charge in [0.25, 0.3) is 5.91 Å². The van der Waals surface area contributed by atoms with E-state index in [1.165, 1.54) is 17.0 Å². The lowest BCUT2D eigenvalue weighted by atomic mass is 10.1. The van der Waals surface area contributed by atoms with Crippen molar-refractivity contribution in [2.24, 2.45) is 5.92 Å². The van der Waals surface area contributed by atoms with E-state index in [-0.39, 0.29) is 37.0 Å². The Balaban J connectivity index is 1.60. The Morgan fingerprint density at radius 2 is 1.66 bits per heavy atom. The molecule has 216 valence electrons. The molecule has 4 aromatic rings. The quantitative estimate of drug-likeness (QED) is 0.224. The number of carbonyl (C=O) groups is 2. The van der Waals surface area contributed by atoms with Gasteiger partial charge in [-0.15, -0.1) is 0 Å². The summed E-state index contributed by atoms with van der Waals surface area (Å²) >= 11 is 0. The highest BCUT2D eigenvalue weighted by molar-refractivity contribution is 5.96. The third kappa shape index (κ3) is 7.48. The monoisotopic (exact) mass is 565 g/mol. The van der Waals surface area contributed by atoms with E-state index in [2.05, 4.69) is 4.98 Å². The van der Waals surface area contributed by atoms with Gasteiger partial charge in [0.15, 0.2) is 0 Å². The van der Waals surface area contributed by atoms with Gasteiger partial charge in [-0.25, -0.2) is 0 Å². The number of carbonyl (C=O) groups excluding carboxylic acids is 2. The number of nitrogens with zero attached hydrogens (tertiary/aromatic N) is 2. The minimum absolute atomic E-state index is 0.00793. The molecule has 0 unspecified atom stereocenters. The number of halogens is 3. The number of H-pyrrole nitrogens is 1. The van der Waals surface area contributed by atoms with E-state index in [1.54, 1.807) is 12.0 Å². The Bertz CT molecular complexity index is 1500. The Kier molecular flexibility index (Phi) is 9.37. The number of methoxy groups -OCH3 is 1. The van der Waals surface area contributed by atoms with Gasteiger partial charge in [-0.2, -0.15) is 13.2 Å². The topological polar surface area (TPSA) is 65.6 Å². The van der Waals surface area contributed by atoms with Crippen LogP contribution in [0, 0.1) is 5.92 Å². The molecule has 0 atom stereocenters. The molecule has 4 rings (SSSR count). The molecule has 0 bridgehead atoms. The number of hydrogen-bond acceptors (Lipinski definition) is 3. The standard InChI is InChI=1S/C32H34F3N3O3/c1-22(2)19-38(31(40)23-10-8-11-26(17-23)32(33,34)35)21-30(39)37(20-25-9-4-7-14-29(25)41-3)16-15-24-18-36-28-13-6-5-12-27(24)28/h4-14,17-18,22,36H,15-16,19-21H2,1-3H3. The number of hydrogen-bond donors (Lipinski definition) is 1. The average Bonchev–Trinajstić information content (AvgIpc) is 3.37. The molecule has 0 saturated heterocycles. The molecule has 2 amide bonds. The van der Waals surface area contributed by atoms with E-state index in [0.29, 0.717) is 18.7 Å². The Morgan fingerprint density at radius 3 is 2.39 bits per heavy atom. The molecule has 0 aliphatic carbocycles. The summed E-state index contributed by atoms with van der Waals surface area (Å²) < 4.78 is 45.5. The van der Waals surface area contributed by atoms with Gasteiger partial charge in [0.1, 0.15) is 12.3 Å². The fraction of sp³-hybridized carbons (Fsp3) is 0.312. The number of aromatic amines is 1. The van der Waals surface area contributed by atoms with E-state index in [0.717, 1.165) is 34.2 Å². The lowest BCUT2D eigenvalue weighted by molar-refractivity contribution is -0.137. The number of nitrogens with one attached hydrogen (secondary N) is 1. The summed E-state index contributed by atoms with van der Waals surface area (Å²) in [7, 11) is 1.56. The highest BCUT2D eigenvalue weighted by atomic mass is 19.4. The van der Waals surface area contributed by atoms with Gasteiger partial charge in [0, 0.05) is 47.9 Å². The van der Waals surface area contributed by atoms with Gasteiger partial charge in [0.05, 0.1) is 12.7 Å². The third-order valence-corrected chi connectivity index (χ3v) is 6.87. The van der Waals surface area contributed by atoms with Crippen molar-refractivity contribution in [3.63, 3.8) is 0 Å². The zero-order valence-electron chi connectivity index (χ0n) is 23.4. The van der Waals surface area contributed by atoms with Crippen LogP contribution in [0.25, 0.3) is 10.9 Å². The third-order valence-electron chi connectivity index (χ3n) is 6.87. The Morgan fingerprint density at radius 1 is 0.927 bits per heavy atom. The van der Waals surface area contributed by atoms with Crippen molar-refractivity contribution in [2.45, 2.75) is 33.0 Å². The predicted molar refractivity (Wildman–Crippen MR) is 153 cm³/mol. The molecule has 0 aliphatic heterocycles. The lowest BCUT2D eigenvalue weighted by Crippen LogP contribution is -2.44. The summed E-state index contributed by atoms with van der Waals surface area (Å²) in [5.74, 6) is -0.299. The average molecular weight is 566 g/mol. The van der Waals surface area contributed by atoms with Crippen LogP contribution in [0.4, 0.5) is 13.2 Å². The summed E-state index contributed by atoms with van der Waals surface area (Å²) in [6.45, 7) is 4.34. The second kappa shape index (κ2) is 12.9. The van der Waals surface area contributed by atoms with Crippen LogP contribution in [-0.4, -0.2) is 53.3 Å². The van der Waals surface area contributed by atoms with Crippen LogP contribution >= 0.6 is 0 Å². The second-order valence-corrected chi connectivity index (χ2v) is 10.4. The van der Waals surface area contributed by atoms with Crippen molar-refractivity contribution >= 4 is 22.7 Å². The second-order valence-electron chi connectivity index (χ2n) is 10.4. The molecule has 1 aromatic heterocycles. The van der Waals surface area contributed by atoms with E-state index >= 15 is 0 Å². The molecular weight excluding hydrogens is 531 g/mol. The number of fused-ring (bicyclic) bond motifs is 1. The zero-order valence-corrected chi connectivity index (χ0v) is 23.4. The predicted octanol–water partition coefficient (Wildman–Crippen LogP) is 6.57. The Labute approximate surface area is 237 Å². The van der Waals surface area contributed by atoms with Crippen LogP contribution < -0.4 is 4.74 Å². The number of benzene rings is 3. The maximum absolute atomic E-state index is 13.8. The van der Waals surface area contributed by atoms with Crippen molar-refractivity contribution in [1.29, 1.82) is 0 Å². The molecule has 6 nitrogen and oxygen atoms in total. The molecular formula is C32H34F3N3O3. The van der Waals surface area contributed by atoms with Crippen molar-refractivity contribution in [3.8, 4) is 5.75 Å². The zero-order chi connectivity index (χ0) is 29.6. The number of amides is 2. The van der Waals surface area contributed by atoms with E-state index < -0.39 is 17.6 Å². The highest BCUT2D eigenvalue weighted by Gasteiger charge is 2.32. The minimum atomic E-state index is -4.58. The molecule has 0 saturated carbocycles. The van der Waals surface area contributed by atoms with Gasteiger partial charge in [-0.3, -0.25) is 9.59 Å². The van der Waals surface area contributed by atoms with Gasteiger partial charge in [0.2, 0.25) is 5.91 Å². The van der Waals surface area contributed by atoms with Crippen LogP contribution in [0.3, 0.4) is 0 Å². The molecule has 9 heteroatoms. The van der Waals surface area contributed by atoms with Gasteiger partial charge in [-0.1, -0.05) is 56.3 Å². The first-order chi connectivity index (χ1) is 19.6. The summed E-state index contributed by atoms with van der Waals surface area (Å²) in [5, 5.41) is 1.07. The first kappa shape index (κ1) is 29.7. The Hall–Kier alpha value is -4.27. The van der Waals surface area contributed by atoms with Crippen LogP contribution in [-0.2, 0) is 23.9 Å². The molecule has 0 radical (unpaired) electrons. The first-order valence-electron chi connectivity index (χ1n) is 13.5. The number of aromatic nitrogens is 1. The highest BCUT2D eigenvalue weighted by Crippen LogP contribution is 2.30. The summed E-state index contributed by atoms with van der Waals surface area (Å²) in [6.07, 6.45) is -2.09. The maximum Gasteiger partial charge on any atom is 0.416 e. The van der Waals surface area contributed by atoms with Gasteiger partial charge < -0.3 is 19.5 Å². The minimum Gasteiger partial charge on any atom is -0.496 e. The van der Waals surface area contributed by atoms with Crippen LogP contribution in [0.5, 0.6) is 5.75 Å². The normalized spacial score (nSPS) is 11.6. The van der Waals surface area contributed by atoms with Crippen molar-refractivity contribution < 1.29 is 27.5 Å². The summed E-state index contributed by atoms with van der Waals surface area (Å²) in [4.78, 5) is 33.5. The molecule has 41 heavy (non-hydrogen) atoms. The number of ether oxygens (including phenoxy) is 1. The van der Waals surface area contributed by atoms with Crippen LogP contribution in [0.1, 0.15) is 40.9 Å². The first-order valence-corrected chi connectivity index (χ1v) is 13.5. The number of rotatable bonds is 11. The summed E-state index contributed by atoms with van der Waals surface area (Å²) in [6, 6.07) is 19.6. The fourth-order valence-electron chi connectivity index (χ4n) is 4.86. The SMILES string of the molecule is COc1ccccc1CN(CCc1c[nH]c2ccccc12)C(=O)CN(CC(C)C)C(=O)c1cccc(C(F)(F)F)c1. The number of para-hydroxylation sites is 2. The van der Waals surface area contributed by atoms with E-state index in [1.807, 2.05) is 68.6 Å². The largest absolute Gasteiger partial charge is 0.496 e. The fourth-order valence-corrected chi connectivity index (χ4v) is 4.86. The molecule has 1 heterocycles. The smallest absolute Gasteiger partial charge is 0.416 e. The lowest BCUT2D eigenvalue weighted by Gasteiger charge is -2.29. The molecule has 0 fully saturated rings. The molecule has 0 aliphatic rings. The molecule has 3 aromatic carbocycles. The molecule has 1 N–H and O–H groups in total. The van der Waals surface area contributed by atoms with Gasteiger partial charge >= 0.3 is 6.18 Å². The van der Waals surface area contributed by atoms with Crippen LogP contribution in [0.2, 0.25) is 0 Å². The van der Waals surface area contributed by atoms with Crippen LogP contribution in [0.15, 0.2) is 79.0 Å². The van der Waals surface area contributed by atoms with E-state index in [9.17, 15) is 22.8 Å². The summed E-state index contributed by atoms with van der Waals surface area (Å²) in [5.41, 5.74) is 1.85. The van der Waals surface area contributed by atoms with Crippen molar-refractivity contribution in [2.75, 3.05) is 26.7 Å². The van der Waals surface area contributed by atoms with Crippen molar-refractivity contribution in [1.82, 2.24) is 14.8 Å². The van der Waals surface area contributed by atoms with Crippen molar-refractivity contribution in [3.05, 3.63) is 101 Å². The molecule has 0 spiro atoms. The number of alkyl halides is 3. The van der Waals surface area contributed by atoms with E-state index in [4.69, 9.17) is 4.74 Å². The van der Waals surface area contributed by atoms with Gasteiger partial charge in [-0.05, 0) is 48.2 Å². The maximum atomic E-state index is 13.8.